The molecule has 8 nitrogen and oxygen atoms in total. The number of rotatable bonds is 12. The summed E-state index contributed by atoms with van der Waals surface area (Å²) in [4.78, 5) is 29.1. The lowest BCUT2D eigenvalue weighted by atomic mass is 10.0. The van der Waals surface area contributed by atoms with E-state index in [1.54, 1.807) is 0 Å². The SMILES string of the molecule is CCSC(=Nc1ccccc1)N(CC)C1CCN(CCCCOc2ccc(F)c(F)c2)CC1.O=C(O)/C=C/C(=O)O. The minimum atomic E-state index is -1.26. The van der Waals surface area contributed by atoms with Gasteiger partial charge in [-0.25, -0.2) is 23.4 Å². The van der Waals surface area contributed by atoms with Crippen molar-refractivity contribution in [1.29, 1.82) is 0 Å². The highest BCUT2D eigenvalue weighted by atomic mass is 32.2. The second-order valence-corrected chi connectivity index (χ2v) is 10.4. The number of amidine groups is 1. The van der Waals surface area contributed by atoms with E-state index >= 15 is 0 Å². The van der Waals surface area contributed by atoms with Crippen molar-refractivity contribution in [3.05, 3.63) is 72.3 Å². The molecule has 1 saturated heterocycles. The summed E-state index contributed by atoms with van der Waals surface area (Å²) in [5, 5.41) is 16.7. The maximum Gasteiger partial charge on any atom is 0.328 e. The number of piperidine rings is 1. The van der Waals surface area contributed by atoms with Gasteiger partial charge < -0.3 is 24.7 Å². The number of thioether (sulfide) groups is 1. The number of ether oxygens (including phenoxy) is 1. The highest BCUT2D eigenvalue weighted by Gasteiger charge is 2.26. The van der Waals surface area contributed by atoms with Gasteiger partial charge in [0.25, 0.3) is 0 Å². The number of aliphatic carboxylic acids is 2. The molecule has 2 aromatic carbocycles. The highest BCUT2D eigenvalue weighted by Crippen LogP contribution is 2.24. The number of likely N-dealkylation sites (tertiary alicyclic amines) is 1. The summed E-state index contributed by atoms with van der Waals surface area (Å²) in [7, 11) is 0. The lowest BCUT2D eigenvalue weighted by molar-refractivity contribution is -0.134. The first-order valence-electron chi connectivity index (χ1n) is 13.7. The monoisotopic (exact) mass is 591 g/mol. The van der Waals surface area contributed by atoms with Crippen molar-refractivity contribution >= 4 is 34.6 Å². The second kappa shape index (κ2) is 18.8. The number of carbonyl (C=O) groups is 2. The number of aliphatic imine (C=N–C) groups is 1. The molecule has 0 unspecified atom stereocenters. The van der Waals surface area contributed by atoms with E-state index in [2.05, 4.69) is 35.8 Å². The molecule has 11 heteroatoms. The van der Waals surface area contributed by atoms with Crippen LogP contribution in [0, 0.1) is 11.6 Å². The van der Waals surface area contributed by atoms with Crippen molar-refractivity contribution in [2.45, 2.75) is 45.6 Å². The Morgan fingerprint density at radius 2 is 1.68 bits per heavy atom. The topological polar surface area (TPSA) is 103 Å². The van der Waals surface area contributed by atoms with Crippen LogP contribution >= 0.6 is 11.8 Å². The molecule has 1 aliphatic heterocycles. The van der Waals surface area contributed by atoms with Crippen molar-refractivity contribution in [3.8, 4) is 5.75 Å². The molecule has 0 spiro atoms. The Bertz CT molecular complexity index is 1130. The maximum absolute atomic E-state index is 13.2. The fourth-order valence-electron chi connectivity index (χ4n) is 4.26. The average molecular weight is 592 g/mol. The highest BCUT2D eigenvalue weighted by molar-refractivity contribution is 8.13. The largest absolute Gasteiger partial charge is 0.493 e. The second-order valence-electron chi connectivity index (χ2n) is 9.16. The molecular formula is C30H39F2N3O5S. The van der Waals surface area contributed by atoms with Crippen molar-refractivity contribution in [3.63, 3.8) is 0 Å². The van der Waals surface area contributed by atoms with Crippen LogP contribution in [0.5, 0.6) is 5.75 Å². The third-order valence-corrected chi connectivity index (χ3v) is 7.11. The van der Waals surface area contributed by atoms with Crippen LogP contribution in [0.3, 0.4) is 0 Å². The Morgan fingerprint density at radius 1 is 1.02 bits per heavy atom. The number of carboxylic acid groups (broad SMARTS) is 2. The molecule has 224 valence electrons. The Morgan fingerprint density at radius 3 is 2.24 bits per heavy atom. The number of nitrogens with zero attached hydrogens (tertiary/aromatic N) is 3. The molecule has 2 aromatic rings. The lowest BCUT2D eigenvalue weighted by Gasteiger charge is -2.39. The summed E-state index contributed by atoms with van der Waals surface area (Å²) in [6.07, 6.45) is 5.30. The zero-order valence-electron chi connectivity index (χ0n) is 23.5. The Balaban J connectivity index is 0.000000642. The van der Waals surface area contributed by atoms with Crippen LogP contribution in [0.1, 0.15) is 39.5 Å². The van der Waals surface area contributed by atoms with Gasteiger partial charge in [0.1, 0.15) is 5.75 Å². The molecule has 0 aromatic heterocycles. The molecule has 0 bridgehead atoms. The van der Waals surface area contributed by atoms with Gasteiger partial charge in [-0.3, -0.25) is 0 Å². The molecule has 0 radical (unpaired) electrons. The van der Waals surface area contributed by atoms with Gasteiger partial charge in [0.05, 0.1) is 12.3 Å². The van der Waals surface area contributed by atoms with Crippen molar-refractivity contribution in [2.24, 2.45) is 4.99 Å². The molecule has 2 N–H and O–H groups in total. The zero-order chi connectivity index (χ0) is 30.0. The molecule has 3 rings (SSSR count). The molecule has 0 atom stereocenters. The fourth-order valence-corrected chi connectivity index (χ4v) is 5.13. The Labute approximate surface area is 244 Å². The number of hydrogen-bond acceptors (Lipinski definition) is 6. The standard InChI is InChI=1S/C26H35F2N3OS.C4H4O4/c1-3-31(26(33-4-2)29-21-10-6-5-7-11-21)22-14-17-30(18-15-22)16-8-9-19-32-23-12-13-24(27)25(28)20-23;5-3(6)1-2-4(7)8/h5-7,10-13,20,22H,3-4,8-9,14-19H2,1-2H3;1-2H,(H,5,6)(H,7,8)/b;2-1+. The van der Waals surface area contributed by atoms with Crippen LogP contribution in [0.4, 0.5) is 14.5 Å². The van der Waals surface area contributed by atoms with Crippen LogP contribution in [-0.4, -0.2) is 81.7 Å². The van der Waals surface area contributed by atoms with E-state index in [0.717, 1.165) is 80.6 Å². The van der Waals surface area contributed by atoms with E-state index in [4.69, 9.17) is 19.9 Å². The van der Waals surface area contributed by atoms with Crippen LogP contribution in [-0.2, 0) is 9.59 Å². The van der Waals surface area contributed by atoms with Crippen LogP contribution < -0.4 is 4.74 Å². The minimum Gasteiger partial charge on any atom is -0.493 e. The first-order chi connectivity index (χ1) is 19.7. The molecular weight excluding hydrogens is 552 g/mol. The van der Waals surface area contributed by atoms with E-state index in [0.29, 0.717) is 30.6 Å². The van der Waals surface area contributed by atoms with E-state index in [-0.39, 0.29) is 0 Å². The van der Waals surface area contributed by atoms with Crippen molar-refractivity contribution in [2.75, 3.05) is 38.5 Å². The van der Waals surface area contributed by atoms with Gasteiger partial charge in [-0.05, 0) is 69.2 Å². The number of para-hydroxylation sites is 1. The summed E-state index contributed by atoms with van der Waals surface area (Å²) < 4.78 is 31.8. The molecule has 1 heterocycles. The van der Waals surface area contributed by atoms with E-state index < -0.39 is 23.6 Å². The fraction of sp³-hybridized carbons (Fsp3) is 0.433. The number of unbranched alkanes of at least 4 members (excludes halogenated alkanes) is 1. The van der Waals surface area contributed by atoms with Crippen LogP contribution in [0.2, 0.25) is 0 Å². The predicted octanol–water partition coefficient (Wildman–Crippen LogP) is 6.06. The van der Waals surface area contributed by atoms with Gasteiger partial charge in [0, 0.05) is 43.9 Å². The Kier molecular flexibility index (Phi) is 15.5. The third kappa shape index (κ3) is 13.2. The smallest absolute Gasteiger partial charge is 0.328 e. The molecule has 0 saturated carbocycles. The summed E-state index contributed by atoms with van der Waals surface area (Å²) in [6, 6.07) is 14.4. The maximum atomic E-state index is 13.2. The van der Waals surface area contributed by atoms with Gasteiger partial charge >= 0.3 is 11.9 Å². The first kappa shape index (κ1) is 33.8. The van der Waals surface area contributed by atoms with Crippen molar-refractivity contribution < 1.29 is 33.3 Å². The van der Waals surface area contributed by atoms with E-state index in [1.165, 1.54) is 6.07 Å². The summed E-state index contributed by atoms with van der Waals surface area (Å²) >= 11 is 1.82. The average Bonchev–Trinajstić information content (AvgIpc) is 2.96. The lowest BCUT2D eigenvalue weighted by Crippen LogP contribution is -2.46. The van der Waals surface area contributed by atoms with Gasteiger partial charge in [-0.2, -0.15) is 0 Å². The van der Waals surface area contributed by atoms with Gasteiger partial charge in [0.15, 0.2) is 16.8 Å². The minimum absolute atomic E-state index is 0.382. The number of hydrogen-bond donors (Lipinski definition) is 2. The number of benzene rings is 2. The summed E-state index contributed by atoms with van der Waals surface area (Å²) in [5.41, 5.74) is 1.01. The van der Waals surface area contributed by atoms with Crippen LogP contribution in [0.15, 0.2) is 65.7 Å². The van der Waals surface area contributed by atoms with Crippen LogP contribution in [0.25, 0.3) is 0 Å². The summed E-state index contributed by atoms with van der Waals surface area (Å²) in [6.45, 7) is 9.08. The van der Waals surface area contributed by atoms with Gasteiger partial charge in [-0.1, -0.05) is 36.9 Å². The first-order valence-corrected chi connectivity index (χ1v) is 14.7. The van der Waals surface area contributed by atoms with Gasteiger partial charge in [-0.15, -0.1) is 0 Å². The zero-order valence-corrected chi connectivity index (χ0v) is 24.4. The normalized spacial score (nSPS) is 14.4. The third-order valence-electron chi connectivity index (χ3n) is 6.24. The number of halogens is 2. The molecule has 1 aliphatic rings. The predicted molar refractivity (Wildman–Crippen MR) is 159 cm³/mol. The van der Waals surface area contributed by atoms with E-state index in [1.807, 2.05) is 30.0 Å². The van der Waals surface area contributed by atoms with Gasteiger partial charge in [0.2, 0.25) is 0 Å². The Hall–Kier alpha value is -3.44. The van der Waals surface area contributed by atoms with E-state index in [9.17, 15) is 18.4 Å². The number of carboxylic acids is 2. The molecule has 1 fully saturated rings. The molecule has 41 heavy (non-hydrogen) atoms. The van der Waals surface area contributed by atoms with Crippen molar-refractivity contribution in [1.82, 2.24) is 9.80 Å². The molecule has 0 aliphatic carbocycles. The molecule has 0 amide bonds. The summed E-state index contributed by atoms with van der Waals surface area (Å²) in [5.74, 6) is -2.84. The quantitative estimate of drug-likeness (QED) is 0.133.